The summed E-state index contributed by atoms with van der Waals surface area (Å²) < 4.78 is 27.5. The highest BCUT2D eigenvalue weighted by Crippen LogP contribution is 2.39. The van der Waals surface area contributed by atoms with Crippen LogP contribution in [0, 0.1) is 11.3 Å². The van der Waals surface area contributed by atoms with Crippen LogP contribution in [-0.4, -0.2) is 43.7 Å². The van der Waals surface area contributed by atoms with Crippen molar-refractivity contribution in [2.24, 2.45) is 0 Å². The van der Waals surface area contributed by atoms with Crippen molar-refractivity contribution in [1.82, 2.24) is 10.2 Å². The summed E-state index contributed by atoms with van der Waals surface area (Å²) in [5.74, 6) is -0.624. The second kappa shape index (κ2) is 8.32. The van der Waals surface area contributed by atoms with Gasteiger partial charge >= 0.3 is 6.03 Å². The maximum atomic E-state index is 13.8. The summed E-state index contributed by atoms with van der Waals surface area (Å²) in [6, 6.07) is 19.6. The number of fused-ring (bicyclic) bond motifs is 1. The first-order chi connectivity index (χ1) is 16.4. The number of hydrogen-bond donors (Lipinski definition) is 2. The van der Waals surface area contributed by atoms with Crippen LogP contribution < -0.4 is 10.6 Å². The molecular formula is C25H20N4O4S. The molecule has 1 unspecified atom stereocenters. The summed E-state index contributed by atoms with van der Waals surface area (Å²) in [6.45, 7) is 0.398. The highest BCUT2D eigenvalue weighted by Gasteiger charge is 2.42. The number of nitriles is 1. The topological polar surface area (TPSA) is 119 Å². The number of amides is 3. The van der Waals surface area contributed by atoms with Gasteiger partial charge in [-0.25, -0.2) is 13.2 Å². The van der Waals surface area contributed by atoms with Gasteiger partial charge in [-0.1, -0.05) is 30.3 Å². The van der Waals surface area contributed by atoms with E-state index in [-0.39, 0.29) is 17.0 Å². The van der Waals surface area contributed by atoms with E-state index in [1.165, 1.54) is 24.3 Å². The monoisotopic (exact) mass is 472 g/mol. The summed E-state index contributed by atoms with van der Waals surface area (Å²) in [5, 5.41) is 13.4. The third-order valence-corrected chi connectivity index (χ3v) is 8.06. The zero-order valence-corrected chi connectivity index (χ0v) is 18.8. The Morgan fingerprint density at radius 3 is 2.47 bits per heavy atom. The van der Waals surface area contributed by atoms with Crippen molar-refractivity contribution in [3.05, 3.63) is 83.4 Å². The minimum Gasteiger partial charge on any atom is -0.384 e. The van der Waals surface area contributed by atoms with Crippen molar-refractivity contribution in [2.75, 3.05) is 18.4 Å². The Morgan fingerprint density at radius 2 is 1.76 bits per heavy atom. The molecule has 9 heteroatoms. The van der Waals surface area contributed by atoms with E-state index in [9.17, 15) is 18.0 Å². The molecule has 3 aromatic carbocycles. The molecule has 2 heterocycles. The molecule has 34 heavy (non-hydrogen) atoms. The number of hydrogen-bond acceptors (Lipinski definition) is 6. The zero-order valence-electron chi connectivity index (χ0n) is 18.0. The largest absolute Gasteiger partial charge is 0.384 e. The normalized spacial score (nSPS) is 17.0. The SMILES string of the molecule is N#Cc1ccc(C(=O)N2CC(S(=O)(=O)c3ccc4c(c3-c3ccccc3)CCN4)NC2=O)cc1. The lowest BCUT2D eigenvalue weighted by molar-refractivity contribution is 0.0828. The first-order valence-corrected chi connectivity index (χ1v) is 12.3. The Balaban J connectivity index is 1.50. The fourth-order valence-corrected chi connectivity index (χ4v) is 6.08. The number of nitrogens with one attached hydrogen (secondary N) is 2. The van der Waals surface area contributed by atoms with Gasteiger partial charge in [-0.05, 0) is 53.9 Å². The van der Waals surface area contributed by atoms with Gasteiger partial charge in [-0.3, -0.25) is 9.69 Å². The molecule has 3 aromatic rings. The maximum absolute atomic E-state index is 13.8. The van der Waals surface area contributed by atoms with Crippen molar-refractivity contribution in [2.45, 2.75) is 16.7 Å². The Labute approximate surface area is 196 Å². The van der Waals surface area contributed by atoms with Gasteiger partial charge in [0.2, 0.25) is 9.84 Å². The van der Waals surface area contributed by atoms with Crippen LogP contribution >= 0.6 is 0 Å². The summed E-state index contributed by atoms with van der Waals surface area (Å²) in [6.07, 6.45) is 0.684. The van der Waals surface area contributed by atoms with Crippen molar-refractivity contribution < 1.29 is 18.0 Å². The fourth-order valence-electron chi connectivity index (χ4n) is 4.39. The Kier molecular flexibility index (Phi) is 5.30. The summed E-state index contributed by atoms with van der Waals surface area (Å²) >= 11 is 0. The van der Waals surface area contributed by atoms with Crippen LogP contribution in [-0.2, 0) is 16.3 Å². The van der Waals surface area contributed by atoms with Crippen LogP contribution in [0.4, 0.5) is 10.5 Å². The molecule has 0 bridgehead atoms. The molecule has 2 aliphatic rings. The van der Waals surface area contributed by atoms with Gasteiger partial charge in [0, 0.05) is 23.4 Å². The number of anilines is 1. The molecule has 0 saturated carbocycles. The number of imide groups is 1. The molecule has 0 radical (unpaired) electrons. The minimum atomic E-state index is -4.03. The van der Waals surface area contributed by atoms with E-state index in [1.54, 1.807) is 12.1 Å². The molecule has 0 spiro atoms. The molecule has 1 atom stereocenters. The Morgan fingerprint density at radius 1 is 1.03 bits per heavy atom. The third-order valence-electron chi connectivity index (χ3n) is 6.09. The minimum absolute atomic E-state index is 0.124. The molecular weight excluding hydrogens is 452 g/mol. The predicted molar refractivity (Wildman–Crippen MR) is 126 cm³/mol. The van der Waals surface area contributed by atoms with Crippen molar-refractivity contribution >= 4 is 27.5 Å². The average Bonchev–Trinajstić information content (AvgIpc) is 3.50. The highest BCUT2D eigenvalue weighted by atomic mass is 32.2. The third kappa shape index (κ3) is 3.58. The van der Waals surface area contributed by atoms with E-state index in [2.05, 4.69) is 10.6 Å². The molecule has 2 aliphatic heterocycles. The van der Waals surface area contributed by atoms with E-state index in [0.29, 0.717) is 24.1 Å². The Hall–Kier alpha value is -4.16. The van der Waals surface area contributed by atoms with Crippen LogP contribution in [0.3, 0.4) is 0 Å². The molecule has 170 valence electrons. The number of sulfone groups is 1. The lowest BCUT2D eigenvalue weighted by atomic mass is 9.98. The lowest BCUT2D eigenvalue weighted by Crippen LogP contribution is -2.35. The Bertz CT molecular complexity index is 1440. The van der Waals surface area contributed by atoms with Crippen molar-refractivity contribution in [1.29, 1.82) is 5.26 Å². The van der Waals surface area contributed by atoms with Gasteiger partial charge in [0.1, 0.15) is 0 Å². The van der Waals surface area contributed by atoms with Crippen molar-refractivity contribution in [3.63, 3.8) is 0 Å². The maximum Gasteiger partial charge on any atom is 0.325 e. The first kappa shape index (κ1) is 21.7. The number of benzene rings is 3. The van der Waals surface area contributed by atoms with Gasteiger partial charge in [0.05, 0.1) is 23.1 Å². The summed E-state index contributed by atoms with van der Waals surface area (Å²) in [4.78, 5) is 26.5. The predicted octanol–water partition coefficient (Wildman–Crippen LogP) is 3.16. The number of carbonyl (C=O) groups is 2. The van der Waals surface area contributed by atoms with Gasteiger partial charge in [-0.2, -0.15) is 5.26 Å². The second-order valence-corrected chi connectivity index (χ2v) is 10.2. The zero-order chi connectivity index (χ0) is 23.9. The van der Waals surface area contributed by atoms with Crippen LogP contribution in [0.1, 0.15) is 21.5 Å². The second-order valence-electron chi connectivity index (χ2n) is 8.10. The van der Waals surface area contributed by atoms with Gasteiger partial charge < -0.3 is 10.6 Å². The molecule has 1 saturated heterocycles. The molecule has 0 aliphatic carbocycles. The van der Waals surface area contributed by atoms with E-state index in [0.717, 1.165) is 21.7 Å². The van der Waals surface area contributed by atoms with Crippen molar-refractivity contribution in [3.8, 4) is 17.2 Å². The van der Waals surface area contributed by atoms with E-state index < -0.39 is 27.1 Å². The van der Waals surface area contributed by atoms with Crippen LogP contribution in [0.2, 0.25) is 0 Å². The smallest absolute Gasteiger partial charge is 0.325 e. The molecule has 5 rings (SSSR count). The van der Waals surface area contributed by atoms with Crippen LogP contribution in [0.5, 0.6) is 0 Å². The van der Waals surface area contributed by atoms with E-state index in [4.69, 9.17) is 5.26 Å². The summed E-state index contributed by atoms with van der Waals surface area (Å²) in [5.41, 5.74) is 3.78. The lowest BCUT2D eigenvalue weighted by Gasteiger charge is -2.18. The molecule has 2 N–H and O–H groups in total. The first-order valence-electron chi connectivity index (χ1n) is 10.7. The summed E-state index contributed by atoms with van der Waals surface area (Å²) in [7, 11) is -4.03. The van der Waals surface area contributed by atoms with Crippen LogP contribution in [0.15, 0.2) is 71.6 Å². The molecule has 1 fully saturated rings. The van der Waals surface area contributed by atoms with Crippen LogP contribution in [0.25, 0.3) is 11.1 Å². The quantitative estimate of drug-likeness (QED) is 0.602. The highest BCUT2D eigenvalue weighted by molar-refractivity contribution is 7.92. The van der Waals surface area contributed by atoms with E-state index in [1.807, 2.05) is 36.4 Å². The number of rotatable bonds is 4. The molecule has 0 aromatic heterocycles. The number of carbonyl (C=O) groups excluding carboxylic acids is 2. The number of urea groups is 1. The molecule has 8 nitrogen and oxygen atoms in total. The van der Waals surface area contributed by atoms with Gasteiger partial charge in [-0.15, -0.1) is 0 Å². The fraction of sp³-hybridized carbons (Fsp3) is 0.160. The van der Waals surface area contributed by atoms with Gasteiger partial charge in [0.25, 0.3) is 5.91 Å². The van der Waals surface area contributed by atoms with Gasteiger partial charge in [0.15, 0.2) is 5.37 Å². The average molecular weight is 473 g/mol. The number of nitrogens with zero attached hydrogens (tertiary/aromatic N) is 2. The van der Waals surface area contributed by atoms with E-state index >= 15 is 0 Å². The molecule has 3 amide bonds. The standard InChI is InChI=1S/C25H20N4O4S/c26-14-16-6-8-18(9-7-16)24(30)29-15-22(28-25(29)31)34(32,33)21-11-10-20-19(12-13-27-20)23(21)17-4-2-1-3-5-17/h1-11,22,27H,12-13,15H2,(H,28,31).